The van der Waals surface area contributed by atoms with Crippen molar-refractivity contribution in [1.82, 2.24) is 10.3 Å². The normalized spacial score (nSPS) is 21.5. The van der Waals surface area contributed by atoms with Gasteiger partial charge in [0.1, 0.15) is 0 Å². The molecule has 1 aromatic rings. The van der Waals surface area contributed by atoms with Crippen molar-refractivity contribution in [2.45, 2.75) is 11.1 Å². The first-order chi connectivity index (χ1) is 7.34. The molecule has 2 heterocycles. The van der Waals surface area contributed by atoms with E-state index < -0.39 is 0 Å². The van der Waals surface area contributed by atoms with Crippen LogP contribution in [0.4, 0.5) is 0 Å². The van der Waals surface area contributed by atoms with Crippen molar-refractivity contribution in [2.24, 2.45) is 0 Å². The maximum Gasteiger partial charge on any atom is 0.0961 e. The van der Waals surface area contributed by atoms with E-state index in [0.717, 1.165) is 34.9 Å². The standard InChI is InChI=1S/C10H13BrN2OS/c11-8-1-2-10(13-5-8)15-7-9-6-12-3-4-14-9/h1-2,5,9,12H,3-4,6-7H2. The Bertz CT molecular complexity index is 301. The van der Waals surface area contributed by atoms with E-state index in [1.54, 1.807) is 11.8 Å². The van der Waals surface area contributed by atoms with Crippen molar-refractivity contribution < 1.29 is 4.74 Å². The Morgan fingerprint density at radius 3 is 3.20 bits per heavy atom. The minimum Gasteiger partial charge on any atom is -0.375 e. The van der Waals surface area contributed by atoms with Gasteiger partial charge in [0.05, 0.1) is 17.7 Å². The second-order valence-corrected chi connectivity index (χ2v) is 5.28. The van der Waals surface area contributed by atoms with Gasteiger partial charge in [-0.25, -0.2) is 4.98 Å². The zero-order chi connectivity index (χ0) is 10.5. The van der Waals surface area contributed by atoms with Gasteiger partial charge in [-0.15, -0.1) is 11.8 Å². The van der Waals surface area contributed by atoms with E-state index in [4.69, 9.17) is 4.74 Å². The SMILES string of the molecule is Brc1ccc(SCC2CNCCO2)nc1. The lowest BCUT2D eigenvalue weighted by Crippen LogP contribution is -2.39. The van der Waals surface area contributed by atoms with Crippen LogP contribution in [0.5, 0.6) is 0 Å². The number of hydrogen-bond donors (Lipinski definition) is 1. The van der Waals surface area contributed by atoms with Gasteiger partial charge in [-0.2, -0.15) is 0 Å². The number of thioether (sulfide) groups is 1. The van der Waals surface area contributed by atoms with Crippen LogP contribution >= 0.6 is 27.7 Å². The first kappa shape index (κ1) is 11.4. The number of aromatic nitrogens is 1. The molecule has 0 amide bonds. The molecule has 0 spiro atoms. The van der Waals surface area contributed by atoms with E-state index in [2.05, 4.69) is 26.2 Å². The summed E-state index contributed by atoms with van der Waals surface area (Å²) < 4.78 is 6.62. The van der Waals surface area contributed by atoms with Gasteiger partial charge in [-0.3, -0.25) is 0 Å². The second kappa shape index (κ2) is 5.84. The molecule has 0 radical (unpaired) electrons. The van der Waals surface area contributed by atoms with Crippen LogP contribution in [-0.2, 0) is 4.74 Å². The summed E-state index contributed by atoms with van der Waals surface area (Å²) in [4.78, 5) is 4.30. The first-order valence-corrected chi connectivity index (χ1v) is 6.69. The Morgan fingerprint density at radius 2 is 2.53 bits per heavy atom. The highest BCUT2D eigenvalue weighted by atomic mass is 79.9. The zero-order valence-electron chi connectivity index (χ0n) is 8.28. The molecule has 1 aromatic heterocycles. The van der Waals surface area contributed by atoms with Crippen LogP contribution in [0.1, 0.15) is 0 Å². The molecule has 0 bridgehead atoms. The van der Waals surface area contributed by atoms with E-state index in [1.807, 2.05) is 18.3 Å². The maximum absolute atomic E-state index is 5.60. The Hall–Kier alpha value is -0.100. The fraction of sp³-hybridized carbons (Fsp3) is 0.500. The minimum absolute atomic E-state index is 0.314. The van der Waals surface area contributed by atoms with Gasteiger partial charge in [0.15, 0.2) is 0 Å². The Balaban J connectivity index is 1.79. The predicted molar refractivity (Wildman–Crippen MR) is 65.3 cm³/mol. The molecule has 0 aliphatic carbocycles. The van der Waals surface area contributed by atoms with E-state index in [0.29, 0.717) is 6.10 Å². The van der Waals surface area contributed by atoms with Gasteiger partial charge in [-0.05, 0) is 28.1 Å². The molecule has 1 unspecified atom stereocenters. The summed E-state index contributed by atoms with van der Waals surface area (Å²) in [7, 11) is 0. The molecular weight excluding hydrogens is 276 g/mol. The summed E-state index contributed by atoms with van der Waals surface area (Å²) in [6.45, 7) is 2.74. The van der Waals surface area contributed by atoms with E-state index in [9.17, 15) is 0 Å². The summed E-state index contributed by atoms with van der Waals surface area (Å²) in [6, 6.07) is 4.03. The highest BCUT2D eigenvalue weighted by Gasteiger charge is 2.13. The topological polar surface area (TPSA) is 34.1 Å². The molecule has 82 valence electrons. The van der Waals surface area contributed by atoms with E-state index in [-0.39, 0.29) is 0 Å². The molecular formula is C10H13BrN2OS. The van der Waals surface area contributed by atoms with Crippen LogP contribution in [0.2, 0.25) is 0 Å². The summed E-state index contributed by atoms with van der Waals surface area (Å²) in [5.74, 6) is 0.960. The molecule has 0 saturated carbocycles. The lowest BCUT2D eigenvalue weighted by Gasteiger charge is -2.22. The molecule has 2 rings (SSSR count). The Morgan fingerprint density at radius 1 is 1.60 bits per heavy atom. The lowest BCUT2D eigenvalue weighted by atomic mass is 10.3. The highest BCUT2D eigenvalue weighted by molar-refractivity contribution is 9.10. The largest absolute Gasteiger partial charge is 0.375 e. The fourth-order valence-electron chi connectivity index (χ4n) is 1.35. The lowest BCUT2D eigenvalue weighted by molar-refractivity contribution is 0.0440. The molecule has 5 heteroatoms. The number of ether oxygens (including phenoxy) is 1. The van der Waals surface area contributed by atoms with Crippen LogP contribution in [0.25, 0.3) is 0 Å². The van der Waals surface area contributed by atoms with Crippen molar-refractivity contribution in [3.8, 4) is 0 Å². The minimum atomic E-state index is 0.314. The highest BCUT2D eigenvalue weighted by Crippen LogP contribution is 2.19. The van der Waals surface area contributed by atoms with Crippen molar-refractivity contribution in [1.29, 1.82) is 0 Å². The number of hydrogen-bond acceptors (Lipinski definition) is 4. The summed E-state index contributed by atoms with van der Waals surface area (Å²) in [5, 5.41) is 4.36. The molecule has 1 fully saturated rings. The Kier molecular flexibility index (Phi) is 4.43. The molecule has 1 N–H and O–H groups in total. The number of pyridine rings is 1. The second-order valence-electron chi connectivity index (χ2n) is 3.32. The molecule has 15 heavy (non-hydrogen) atoms. The van der Waals surface area contributed by atoms with Crippen molar-refractivity contribution in [2.75, 3.05) is 25.4 Å². The number of morpholine rings is 1. The van der Waals surface area contributed by atoms with Gasteiger partial charge in [0.2, 0.25) is 0 Å². The summed E-state index contributed by atoms with van der Waals surface area (Å²) >= 11 is 5.11. The molecule has 1 saturated heterocycles. The molecule has 1 aliphatic rings. The Labute approximate surface area is 102 Å². The summed E-state index contributed by atoms with van der Waals surface area (Å²) in [5.41, 5.74) is 0. The van der Waals surface area contributed by atoms with Gasteiger partial charge in [-0.1, -0.05) is 0 Å². The molecule has 0 aromatic carbocycles. The third-order valence-corrected chi connectivity index (χ3v) is 3.67. The zero-order valence-corrected chi connectivity index (χ0v) is 10.7. The van der Waals surface area contributed by atoms with Crippen LogP contribution in [0, 0.1) is 0 Å². The van der Waals surface area contributed by atoms with Gasteiger partial charge < -0.3 is 10.1 Å². The number of rotatable bonds is 3. The number of nitrogens with zero attached hydrogens (tertiary/aromatic N) is 1. The van der Waals surface area contributed by atoms with Crippen LogP contribution in [0.15, 0.2) is 27.8 Å². The van der Waals surface area contributed by atoms with Crippen LogP contribution in [-0.4, -0.2) is 36.5 Å². The average molecular weight is 289 g/mol. The fourth-order valence-corrected chi connectivity index (χ4v) is 2.45. The molecule has 3 nitrogen and oxygen atoms in total. The quantitative estimate of drug-likeness (QED) is 0.862. The summed E-state index contributed by atoms with van der Waals surface area (Å²) in [6.07, 6.45) is 2.14. The van der Waals surface area contributed by atoms with E-state index in [1.165, 1.54) is 0 Å². The number of nitrogens with one attached hydrogen (secondary N) is 1. The van der Waals surface area contributed by atoms with Crippen LogP contribution in [0.3, 0.4) is 0 Å². The van der Waals surface area contributed by atoms with Crippen LogP contribution < -0.4 is 5.32 Å². The third-order valence-electron chi connectivity index (χ3n) is 2.12. The predicted octanol–water partition coefficient (Wildman–Crippen LogP) is 1.92. The van der Waals surface area contributed by atoms with Gasteiger partial charge in [0.25, 0.3) is 0 Å². The van der Waals surface area contributed by atoms with Crippen molar-refractivity contribution in [3.05, 3.63) is 22.8 Å². The van der Waals surface area contributed by atoms with E-state index >= 15 is 0 Å². The maximum atomic E-state index is 5.60. The first-order valence-electron chi connectivity index (χ1n) is 4.91. The molecule has 1 atom stereocenters. The molecule has 1 aliphatic heterocycles. The smallest absolute Gasteiger partial charge is 0.0961 e. The van der Waals surface area contributed by atoms with Gasteiger partial charge in [0, 0.05) is 29.5 Å². The number of halogens is 1. The third kappa shape index (κ3) is 3.75. The average Bonchev–Trinajstić information content (AvgIpc) is 2.30. The monoisotopic (exact) mass is 288 g/mol. The van der Waals surface area contributed by atoms with Gasteiger partial charge >= 0.3 is 0 Å². The van der Waals surface area contributed by atoms with Crippen molar-refractivity contribution in [3.63, 3.8) is 0 Å². The van der Waals surface area contributed by atoms with Crippen molar-refractivity contribution >= 4 is 27.7 Å².